The maximum Gasteiger partial charge on any atom is 0.334 e. The monoisotopic (exact) mass is 301 g/mol. The number of hydrogen-bond acceptors (Lipinski definition) is 4. The van der Waals surface area contributed by atoms with Gasteiger partial charge in [0, 0.05) is 17.7 Å². The standard InChI is InChI=1S/C16H15NO5/c18-15(17-6-8-22-14(10-17)16(19)20)12-5-7-21-13-4-2-1-3-11(13)9-12/h1-5,7,9,14H,6,8,10H2,(H,19,20)/t14-/m0/s1. The molecule has 0 bridgehead atoms. The van der Waals surface area contributed by atoms with Crippen LogP contribution in [0.4, 0.5) is 0 Å². The van der Waals surface area contributed by atoms with Crippen LogP contribution in [0.1, 0.15) is 5.56 Å². The Labute approximate surface area is 127 Å². The highest BCUT2D eigenvalue weighted by Crippen LogP contribution is 2.25. The largest absolute Gasteiger partial charge is 0.479 e. The molecule has 2 heterocycles. The van der Waals surface area contributed by atoms with Crippen LogP contribution in [0.5, 0.6) is 5.75 Å². The first kappa shape index (κ1) is 14.3. The van der Waals surface area contributed by atoms with Crippen LogP contribution in [-0.4, -0.2) is 47.7 Å². The van der Waals surface area contributed by atoms with Crippen LogP contribution in [0.15, 0.2) is 42.2 Å². The van der Waals surface area contributed by atoms with E-state index in [4.69, 9.17) is 14.6 Å². The Kier molecular flexibility index (Phi) is 3.93. The Balaban J connectivity index is 1.83. The Morgan fingerprint density at radius 1 is 1.27 bits per heavy atom. The molecule has 22 heavy (non-hydrogen) atoms. The van der Waals surface area contributed by atoms with Gasteiger partial charge in [-0.3, -0.25) is 4.79 Å². The van der Waals surface area contributed by atoms with Crippen LogP contribution in [0.25, 0.3) is 6.08 Å². The Bertz CT molecular complexity index is 664. The number of morpholine rings is 1. The lowest BCUT2D eigenvalue weighted by Crippen LogP contribution is -2.48. The summed E-state index contributed by atoms with van der Waals surface area (Å²) in [6.07, 6.45) is 3.82. The molecule has 114 valence electrons. The molecular weight excluding hydrogens is 286 g/mol. The molecule has 6 nitrogen and oxygen atoms in total. The first-order valence-electron chi connectivity index (χ1n) is 6.93. The number of rotatable bonds is 2. The summed E-state index contributed by atoms with van der Waals surface area (Å²) in [5.41, 5.74) is 1.26. The molecule has 1 aromatic carbocycles. The third-order valence-electron chi connectivity index (χ3n) is 3.55. The highest BCUT2D eigenvalue weighted by atomic mass is 16.5. The number of carboxylic acids is 1. The molecule has 0 aliphatic carbocycles. The van der Waals surface area contributed by atoms with Gasteiger partial charge in [-0.25, -0.2) is 4.79 Å². The van der Waals surface area contributed by atoms with Crippen LogP contribution in [0, 0.1) is 0 Å². The van der Waals surface area contributed by atoms with Gasteiger partial charge in [-0.1, -0.05) is 18.2 Å². The topological polar surface area (TPSA) is 76.1 Å². The molecule has 0 spiro atoms. The molecule has 2 aliphatic heterocycles. The quantitative estimate of drug-likeness (QED) is 0.890. The number of benzene rings is 1. The van der Waals surface area contributed by atoms with Crippen molar-refractivity contribution in [2.75, 3.05) is 19.7 Å². The third kappa shape index (κ3) is 2.87. The van der Waals surface area contributed by atoms with Crippen LogP contribution >= 0.6 is 0 Å². The van der Waals surface area contributed by atoms with Gasteiger partial charge in [0.05, 0.1) is 19.4 Å². The number of hydrogen-bond donors (Lipinski definition) is 1. The fourth-order valence-corrected chi connectivity index (χ4v) is 2.40. The third-order valence-corrected chi connectivity index (χ3v) is 3.55. The fourth-order valence-electron chi connectivity index (χ4n) is 2.40. The molecular formula is C16H15NO5. The van der Waals surface area contributed by atoms with Gasteiger partial charge in [0.2, 0.25) is 0 Å². The lowest BCUT2D eigenvalue weighted by atomic mass is 10.1. The van der Waals surface area contributed by atoms with E-state index in [0.717, 1.165) is 5.56 Å². The molecule has 6 heteroatoms. The molecule has 0 radical (unpaired) electrons. The molecule has 0 aromatic heterocycles. The van der Waals surface area contributed by atoms with Crippen LogP contribution in [0.3, 0.4) is 0 Å². The zero-order chi connectivity index (χ0) is 15.5. The van der Waals surface area contributed by atoms with Crippen molar-refractivity contribution in [3.63, 3.8) is 0 Å². The first-order chi connectivity index (χ1) is 10.6. The maximum atomic E-state index is 12.6. The smallest absolute Gasteiger partial charge is 0.334 e. The zero-order valence-corrected chi connectivity index (χ0v) is 11.8. The molecule has 2 aliphatic rings. The average molecular weight is 301 g/mol. The van der Waals surface area contributed by atoms with Crippen molar-refractivity contribution < 1.29 is 24.2 Å². The summed E-state index contributed by atoms with van der Waals surface area (Å²) in [4.78, 5) is 25.1. The van der Waals surface area contributed by atoms with Crippen molar-refractivity contribution in [1.29, 1.82) is 0 Å². The van der Waals surface area contributed by atoms with Crippen LogP contribution in [0.2, 0.25) is 0 Å². The predicted octanol–water partition coefficient (Wildman–Crippen LogP) is 1.29. The lowest BCUT2D eigenvalue weighted by Gasteiger charge is -2.31. The van der Waals surface area contributed by atoms with Crippen molar-refractivity contribution in [1.82, 2.24) is 4.90 Å². The number of carbonyl (C=O) groups is 2. The van der Waals surface area contributed by atoms with Crippen molar-refractivity contribution in [3.05, 3.63) is 47.7 Å². The minimum Gasteiger partial charge on any atom is -0.479 e. The number of amides is 1. The summed E-state index contributed by atoms with van der Waals surface area (Å²) in [6, 6.07) is 7.39. The molecule has 1 atom stereocenters. The van der Waals surface area contributed by atoms with Gasteiger partial charge in [-0.2, -0.15) is 0 Å². The minimum absolute atomic E-state index is 0.0435. The highest BCUT2D eigenvalue weighted by molar-refractivity contribution is 6.01. The van der Waals surface area contributed by atoms with Gasteiger partial charge >= 0.3 is 5.97 Å². The number of para-hydroxylation sites is 1. The minimum atomic E-state index is -1.06. The second-order valence-electron chi connectivity index (χ2n) is 5.01. The number of carboxylic acid groups (broad SMARTS) is 1. The Morgan fingerprint density at radius 3 is 2.91 bits per heavy atom. The van der Waals surface area contributed by atoms with Crippen LogP contribution in [-0.2, 0) is 14.3 Å². The Morgan fingerprint density at radius 2 is 2.09 bits per heavy atom. The summed E-state index contributed by atoms with van der Waals surface area (Å²) in [5.74, 6) is -0.616. The predicted molar refractivity (Wildman–Crippen MR) is 78.1 cm³/mol. The SMILES string of the molecule is O=C(O)[C@@H]1CN(C(=O)C2=Cc3ccccc3OC=C2)CCO1. The molecule has 1 saturated heterocycles. The van der Waals surface area contributed by atoms with E-state index in [1.165, 1.54) is 11.2 Å². The number of ether oxygens (including phenoxy) is 2. The van der Waals surface area contributed by atoms with Crippen molar-refractivity contribution in [2.45, 2.75) is 6.10 Å². The zero-order valence-electron chi connectivity index (χ0n) is 11.8. The number of carbonyl (C=O) groups excluding carboxylic acids is 1. The van der Waals surface area contributed by atoms with Crippen molar-refractivity contribution >= 4 is 18.0 Å². The summed E-state index contributed by atoms with van der Waals surface area (Å²) in [6.45, 7) is 0.630. The lowest BCUT2D eigenvalue weighted by molar-refractivity contribution is -0.158. The van der Waals surface area contributed by atoms with E-state index in [0.29, 0.717) is 17.9 Å². The van der Waals surface area contributed by atoms with Crippen molar-refractivity contribution in [2.24, 2.45) is 0 Å². The van der Waals surface area contributed by atoms with E-state index < -0.39 is 12.1 Å². The highest BCUT2D eigenvalue weighted by Gasteiger charge is 2.30. The van der Waals surface area contributed by atoms with Gasteiger partial charge in [-0.15, -0.1) is 0 Å². The van der Waals surface area contributed by atoms with E-state index in [9.17, 15) is 9.59 Å². The molecule has 0 unspecified atom stereocenters. The van der Waals surface area contributed by atoms with Gasteiger partial charge in [0.1, 0.15) is 5.75 Å². The van der Waals surface area contributed by atoms with Crippen molar-refractivity contribution in [3.8, 4) is 5.75 Å². The number of fused-ring (bicyclic) bond motifs is 1. The van der Waals surface area contributed by atoms with E-state index >= 15 is 0 Å². The normalized spacial score (nSPS) is 20.5. The molecule has 3 rings (SSSR count). The summed E-state index contributed by atoms with van der Waals surface area (Å²) in [7, 11) is 0. The number of nitrogens with zero attached hydrogens (tertiary/aromatic N) is 1. The first-order valence-corrected chi connectivity index (χ1v) is 6.93. The average Bonchev–Trinajstić information content (AvgIpc) is 2.76. The molecule has 1 fully saturated rings. The fraction of sp³-hybridized carbons (Fsp3) is 0.250. The maximum absolute atomic E-state index is 12.6. The molecule has 0 saturated carbocycles. The van der Waals surface area contributed by atoms with E-state index in [2.05, 4.69) is 0 Å². The summed E-state index contributed by atoms with van der Waals surface area (Å²) >= 11 is 0. The van der Waals surface area contributed by atoms with Gasteiger partial charge < -0.3 is 19.5 Å². The summed E-state index contributed by atoms with van der Waals surface area (Å²) < 4.78 is 10.6. The van der Waals surface area contributed by atoms with Gasteiger partial charge in [0.25, 0.3) is 5.91 Å². The van der Waals surface area contributed by atoms with Gasteiger partial charge in [0.15, 0.2) is 6.10 Å². The second-order valence-corrected chi connectivity index (χ2v) is 5.01. The van der Waals surface area contributed by atoms with E-state index in [1.54, 1.807) is 12.2 Å². The Hall–Kier alpha value is -2.60. The molecule has 1 amide bonds. The number of aliphatic carboxylic acids is 1. The second kappa shape index (κ2) is 6.03. The summed E-state index contributed by atoms with van der Waals surface area (Å²) in [5, 5.41) is 9.01. The molecule has 1 N–H and O–H groups in total. The van der Waals surface area contributed by atoms with E-state index in [-0.39, 0.29) is 19.1 Å². The van der Waals surface area contributed by atoms with Gasteiger partial charge in [-0.05, 0) is 18.2 Å². The van der Waals surface area contributed by atoms with E-state index in [1.807, 2.05) is 24.3 Å². The van der Waals surface area contributed by atoms with Crippen LogP contribution < -0.4 is 4.74 Å². The molecule has 1 aromatic rings.